The highest BCUT2D eigenvalue weighted by molar-refractivity contribution is 9.10. The molecule has 0 radical (unpaired) electrons. The van der Waals surface area contributed by atoms with E-state index in [0.29, 0.717) is 5.41 Å². The summed E-state index contributed by atoms with van der Waals surface area (Å²) in [5.74, 6) is 1.69. The highest BCUT2D eigenvalue weighted by Crippen LogP contribution is 2.38. The van der Waals surface area contributed by atoms with Crippen LogP contribution in [0.2, 0.25) is 0 Å². The molecule has 1 aromatic rings. The van der Waals surface area contributed by atoms with Crippen LogP contribution in [0.5, 0.6) is 5.75 Å². The first-order valence-corrected chi connectivity index (χ1v) is 8.11. The summed E-state index contributed by atoms with van der Waals surface area (Å²) in [6.45, 7) is 1.81. The lowest BCUT2D eigenvalue weighted by Gasteiger charge is -2.26. The molecule has 106 valence electrons. The Morgan fingerprint density at radius 3 is 2.74 bits per heavy atom. The van der Waals surface area contributed by atoms with Gasteiger partial charge in [-0.25, -0.2) is 0 Å². The molecular formula is C15H21BrClNO. The smallest absolute Gasteiger partial charge is 0.123 e. The van der Waals surface area contributed by atoms with Crippen LogP contribution in [0.25, 0.3) is 0 Å². The van der Waals surface area contributed by atoms with Crippen LogP contribution in [0.4, 0.5) is 0 Å². The normalized spacial score (nSPS) is 17.6. The Bertz CT molecular complexity index is 419. The van der Waals surface area contributed by atoms with Crippen LogP contribution in [0.3, 0.4) is 0 Å². The van der Waals surface area contributed by atoms with E-state index in [-0.39, 0.29) is 0 Å². The Hall–Kier alpha value is -0.250. The van der Waals surface area contributed by atoms with Gasteiger partial charge in [0.15, 0.2) is 0 Å². The SMILES string of the molecule is COc1ccc(Br)cc1CNCC1(CCl)CCCC1. The van der Waals surface area contributed by atoms with Crippen LogP contribution < -0.4 is 10.1 Å². The molecule has 1 aliphatic carbocycles. The van der Waals surface area contributed by atoms with E-state index in [2.05, 4.69) is 27.3 Å². The van der Waals surface area contributed by atoms with E-state index in [9.17, 15) is 0 Å². The third-order valence-electron chi connectivity index (χ3n) is 4.01. The lowest BCUT2D eigenvalue weighted by atomic mass is 9.88. The van der Waals surface area contributed by atoms with Crippen molar-refractivity contribution in [3.05, 3.63) is 28.2 Å². The monoisotopic (exact) mass is 345 g/mol. The molecule has 1 aliphatic rings. The molecule has 1 fully saturated rings. The predicted octanol–water partition coefficient (Wildman–Crippen LogP) is 4.35. The van der Waals surface area contributed by atoms with Crippen molar-refractivity contribution in [2.75, 3.05) is 19.5 Å². The van der Waals surface area contributed by atoms with Gasteiger partial charge in [-0.3, -0.25) is 0 Å². The minimum atomic E-state index is 0.306. The lowest BCUT2D eigenvalue weighted by molar-refractivity contribution is 0.318. The van der Waals surface area contributed by atoms with Gasteiger partial charge in [-0.15, -0.1) is 11.6 Å². The van der Waals surface area contributed by atoms with Gasteiger partial charge in [-0.2, -0.15) is 0 Å². The van der Waals surface area contributed by atoms with Gasteiger partial charge < -0.3 is 10.1 Å². The quantitative estimate of drug-likeness (QED) is 0.773. The average Bonchev–Trinajstić information content (AvgIpc) is 2.88. The summed E-state index contributed by atoms with van der Waals surface area (Å²) in [5.41, 5.74) is 1.49. The molecule has 2 rings (SSSR count). The molecule has 1 saturated carbocycles. The third kappa shape index (κ3) is 3.87. The first-order valence-electron chi connectivity index (χ1n) is 6.78. The molecule has 1 aromatic carbocycles. The largest absolute Gasteiger partial charge is 0.496 e. The van der Waals surface area contributed by atoms with Gasteiger partial charge in [0, 0.05) is 29.0 Å². The lowest BCUT2D eigenvalue weighted by Crippen LogP contribution is -2.33. The standard InChI is InChI=1S/C15H21BrClNO/c1-19-14-5-4-13(16)8-12(14)9-18-11-15(10-17)6-2-3-7-15/h4-5,8,18H,2-3,6-7,9-11H2,1H3. The number of hydrogen-bond acceptors (Lipinski definition) is 2. The molecule has 0 aliphatic heterocycles. The summed E-state index contributed by atoms with van der Waals surface area (Å²) in [4.78, 5) is 0. The third-order valence-corrected chi connectivity index (χ3v) is 5.07. The zero-order valence-electron chi connectivity index (χ0n) is 11.3. The van der Waals surface area contributed by atoms with Crippen molar-refractivity contribution in [3.63, 3.8) is 0 Å². The summed E-state index contributed by atoms with van der Waals surface area (Å²) in [6.07, 6.45) is 5.13. The van der Waals surface area contributed by atoms with Crippen molar-refractivity contribution < 1.29 is 4.74 Å². The number of nitrogens with one attached hydrogen (secondary N) is 1. The van der Waals surface area contributed by atoms with Crippen molar-refractivity contribution in [3.8, 4) is 5.75 Å². The maximum atomic E-state index is 6.16. The van der Waals surface area contributed by atoms with Crippen LogP contribution in [0.15, 0.2) is 22.7 Å². The van der Waals surface area contributed by atoms with E-state index >= 15 is 0 Å². The molecular weight excluding hydrogens is 326 g/mol. The van der Waals surface area contributed by atoms with Crippen LogP contribution in [0.1, 0.15) is 31.2 Å². The molecule has 0 saturated heterocycles. The first-order chi connectivity index (χ1) is 9.19. The zero-order chi connectivity index (χ0) is 13.7. The maximum absolute atomic E-state index is 6.16. The minimum absolute atomic E-state index is 0.306. The number of methoxy groups -OCH3 is 1. The van der Waals surface area contributed by atoms with Gasteiger partial charge in [-0.1, -0.05) is 28.8 Å². The number of rotatable bonds is 6. The predicted molar refractivity (Wildman–Crippen MR) is 84.0 cm³/mol. The summed E-state index contributed by atoms with van der Waals surface area (Å²) in [5, 5.41) is 3.55. The molecule has 0 aromatic heterocycles. The molecule has 19 heavy (non-hydrogen) atoms. The van der Waals surface area contributed by atoms with E-state index < -0.39 is 0 Å². The minimum Gasteiger partial charge on any atom is -0.496 e. The molecule has 0 atom stereocenters. The Labute approximate surface area is 129 Å². The van der Waals surface area contributed by atoms with Crippen molar-refractivity contribution in [2.24, 2.45) is 5.41 Å². The van der Waals surface area contributed by atoms with Crippen LogP contribution >= 0.6 is 27.5 Å². The number of halogens is 2. The van der Waals surface area contributed by atoms with Crippen LogP contribution in [0, 0.1) is 5.41 Å². The van der Waals surface area contributed by atoms with Crippen LogP contribution in [-0.4, -0.2) is 19.5 Å². The van der Waals surface area contributed by atoms with E-state index in [1.807, 2.05) is 12.1 Å². The number of alkyl halides is 1. The average molecular weight is 347 g/mol. The fourth-order valence-electron chi connectivity index (χ4n) is 2.83. The molecule has 0 spiro atoms. The molecule has 0 heterocycles. The van der Waals surface area contributed by atoms with Gasteiger partial charge in [0.25, 0.3) is 0 Å². The maximum Gasteiger partial charge on any atom is 0.123 e. The molecule has 0 bridgehead atoms. The van der Waals surface area contributed by atoms with E-state index in [1.54, 1.807) is 7.11 Å². The van der Waals surface area contributed by atoms with Gasteiger partial charge in [0.1, 0.15) is 5.75 Å². The van der Waals surface area contributed by atoms with Crippen molar-refractivity contribution in [1.29, 1.82) is 0 Å². The van der Waals surface area contributed by atoms with E-state index in [4.69, 9.17) is 16.3 Å². The van der Waals surface area contributed by atoms with E-state index in [1.165, 1.54) is 31.2 Å². The molecule has 0 unspecified atom stereocenters. The van der Waals surface area contributed by atoms with Crippen molar-refractivity contribution in [1.82, 2.24) is 5.32 Å². The van der Waals surface area contributed by atoms with Crippen LogP contribution in [-0.2, 0) is 6.54 Å². The second kappa shape index (κ2) is 6.96. The summed E-state index contributed by atoms with van der Waals surface area (Å²) in [7, 11) is 1.71. The van der Waals surface area contributed by atoms with Gasteiger partial charge in [0.2, 0.25) is 0 Å². The summed E-state index contributed by atoms with van der Waals surface area (Å²) >= 11 is 9.66. The fourth-order valence-corrected chi connectivity index (χ4v) is 3.60. The molecule has 2 nitrogen and oxygen atoms in total. The second-order valence-electron chi connectivity index (χ2n) is 5.40. The van der Waals surface area contributed by atoms with Gasteiger partial charge in [-0.05, 0) is 36.5 Å². The second-order valence-corrected chi connectivity index (χ2v) is 6.58. The topological polar surface area (TPSA) is 21.3 Å². The number of ether oxygens (including phenoxy) is 1. The van der Waals surface area contributed by atoms with Crippen molar-refractivity contribution >= 4 is 27.5 Å². The molecule has 4 heteroatoms. The number of benzene rings is 1. The van der Waals surface area contributed by atoms with E-state index in [0.717, 1.165) is 29.2 Å². The highest BCUT2D eigenvalue weighted by atomic mass is 79.9. The van der Waals surface area contributed by atoms with Gasteiger partial charge in [0.05, 0.1) is 7.11 Å². The zero-order valence-corrected chi connectivity index (χ0v) is 13.7. The fraction of sp³-hybridized carbons (Fsp3) is 0.600. The number of hydrogen-bond donors (Lipinski definition) is 1. The highest BCUT2D eigenvalue weighted by Gasteiger charge is 2.32. The Kier molecular flexibility index (Phi) is 5.55. The summed E-state index contributed by atoms with van der Waals surface area (Å²) in [6, 6.07) is 6.10. The first kappa shape index (κ1) is 15.1. The van der Waals surface area contributed by atoms with Gasteiger partial charge >= 0.3 is 0 Å². The summed E-state index contributed by atoms with van der Waals surface area (Å²) < 4.78 is 6.47. The molecule has 1 N–H and O–H groups in total. The Morgan fingerprint density at radius 2 is 2.11 bits per heavy atom. The van der Waals surface area contributed by atoms with Crippen molar-refractivity contribution in [2.45, 2.75) is 32.2 Å². The Morgan fingerprint density at radius 1 is 1.37 bits per heavy atom. The Balaban J connectivity index is 1.93. The molecule has 0 amide bonds.